The smallest absolute Gasteiger partial charge is 1.00 e. The Morgan fingerprint density at radius 2 is 1.91 bits per heavy atom. The molecule has 3 heteroatoms. The molecule has 3 atom stereocenters. The van der Waals surface area contributed by atoms with Crippen molar-refractivity contribution < 1.29 is 45.1 Å². The van der Waals surface area contributed by atoms with Gasteiger partial charge < -0.3 is 24.8 Å². The van der Waals surface area contributed by atoms with Gasteiger partial charge in [0.15, 0.2) is 0 Å². The van der Waals surface area contributed by atoms with Gasteiger partial charge in [-0.3, -0.25) is 0 Å². The number of halogens is 2. The van der Waals surface area contributed by atoms with Crippen LogP contribution in [0.3, 0.4) is 0 Å². The van der Waals surface area contributed by atoms with Gasteiger partial charge in [-0.1, -0.05) is 0 Å². The fourth-order valence-corrected chi connectivity index (χ4v) is 21.4. The molecule has 22 heavy (non-hydrogen) atoms. The van der Waals surface area contributed by atoms with Crippen molar-refractivity contribution in [3.8, 4) is 0 Å². The van der Waals surface area contributed by atoms with Gasteiger partial charge in [-0.2, -0.15) is 0 Å². The van der Waals surface area contributed by atoms with E-state index in [0.717, 1.165) is 7.25 Å². The Bertz CT molecular complexity index is 570. The van der Waals surface area contributed by atoms with Crippen molar-refractivity contribution in [2.75, 3.05) is 0 Å². The van der Waals surface area contributed by atoms with E-state index < -0.39 is 20.3 Å². The average Bonchev–Trinajstić information content (AvgIpc) is 2.91. The minimum Gasteiger partial charge on any atom is -1.00 e. The Hall–Kier alpha value is 0.423. The molecule has 0 radical (unpaired) electrons. The molecule has 3 aliphatic carbocycles. The van der Waals surface area contributed by atoms with E-state index in [1.54, 1.807) is 15.3 Å². The molecule has 0 saturated carbocycles. The van der Waals surface area contributed by atoms with Crippen molar-refractivity contribution in [2.24, 2.45) is 0 Å². The van der Waals surface area contributed by atoms with Gasteiger partial charge in [-0.05, 0) is 0 Å². The van der Waals surface area contributed by atoms with Gasteiger partial charge in [0.2, 0.25) is 0 Å². The summed E-state index contributed by atoms with van der Waals surface area (Å²) in [5, 5.41) is 0. The molecule has 1 heterocycles. The molecule has 0 spiro atoms. The maximum absolute atomic E-state index is 2.65. The summed E-state index contributed by atoms with van der Waals surface area (Å²) in [6, 6.07) is 0. The molecule has 0 amide bonds. The standard InChI is InChI=1S/C9H11.C7H9.C3H6.2ClH.Zr/c1-2-5-9-7-3-6-8(9)4-1;1-2-7-5-3-4-6-7;1-3-2;;;/h3,6-7H,1-2,4-5H2;5-6H,2-3H2,1H3;3H,1H2,2H3;2*1H;/q;;;;;+2/p-2. The van der Waals surface area contributed by atoms with Crippen molar-refractivity contribution in [2.45, 2.75) is 63.8 Å². The third kappa shape index (κ3) is 2.80. The van der Waals surface area contributed by atoms with E-state index in [4.69, 9.17) is 0 Å². The molecule has 0 aromatic heterocycles. The minimum atomic E-state index is -2.06. The van der Waals surface area contributed by atoms with Crippen LogP contribution in [-0.4, -0.2) is 0 Å². The molecule has 3 unspecified atom stereocenters. The van der Waals surface area contributed by atoms with E-state index in [2.05, 4.69) is 38.2 Å². The molecule has 0 nitrogen and oxygen atoms in total. The molecular formula is C19H26Cl2Zr. The van der Waals surface area contributed by atoms with Crippen LogP contribution in [0.4, 0.5) is 0 Å². The Morgan fingerprint density at radius 3 is 2.55 bits per heavy atom. The molecule has 0 aromatic carbocycles. The van der Waals surface area contributed by atoms with E-state index >= 15 is 0 Å². The van der Waals surface area contributed by atoms with Crippen LogP contribution < -0.4 is 24.8 Å². The van der Waals surface area contributed by atoms with Crippen LogP contribution in [0.15, 0.2) is 44.3 Å². The SMILES string of the molecule is CCC1=CC[C]([Zr+2]2([CH]3C=CC4=C3CCCC4)[CH2][CH]2C)=C1.[Cl-].[Cl-]. The zero-order valence-electron chi connectivity index (χ0n) is 13.7. The number of rotatable bonds is 3. The first-order chi connectivity index (χ1) is 9.75. The number of allylic oxidation sites excluding steroid dienone is 8. The van der Waals surface area contributed by atoms with E-state index in [1.807, 2.05) is 8.85 Å². The molecule has 4 rings (SSSR count). The molecule has 0 bridgehead atoms. The first-order valence-electron chi connectivity index (χ1n) is 8.56. The van der Waals surface area contributed by atoms with E-state index in [0.29, 0.717) is 0 Å². The number of hydrogen-bond acceptors (Lipinski definition) is 0. The van der Waals surface area contributed by atoms with Crippen molar-refractivity contribution >= 4 is 0 Å². The summed E-state index contributed by atoms with van der Waals surface area (Å²) in [6.45, 7) is 4.87. The summed E-state index contributed by atoms with van der Waals surface area (Å²) < 4.78 is 5.61. The first-order valence-corrected chi connectivity index (χ1v) is 14.4. The molecule has 1 aliphatic heterocycles. The molecule has 0 aromatic rings. The molecule has 120 valence electrons. The molecule has 4 aliphatic rings. The Morgan fingerprint density at radius 1 is 1.18 bits per heavy atom. The second kappa shape index (κ2) is 7.12. The summed E-state index contributed by atoms with van der Waals surface area (Å²) >= 11 is -2.06. The zero-order valence-corrected chi connectivity index (χ0v) is 17.6. The van der Waals surface area contributed by atoms with Crippen molar-refractivity contribution in [1.82, 2.24) is 0 Å². The monoisotopic (exact) mass is 414 g/mol. The van der Waals surface area contributed by atoms with Crippen LogP contribution in [0.25, 0.3) is 0 Å². The topological polar surface area (TPSA) is 0 Å². The Labute approximate surface area is 152 Å². The Balaban J connectivity index is 0.000000882. The van der Waals surface area contributed by atoms with Crippen molar-refractivity contribution in [3.05, 3.63) is 44.3 Å². The van der Waals surface area contributed by atoms with E-state index in [1.165, 1.54) is 38.5 Å². The van der Waals surface area contributed by atoms with Crippen LogP contribution in [0.1, 0.15) is 52.4 Å². The van der Waals surface area contributed by atoms with Gasteiger partial charge in [-0.25, -0.2) is 0 Å². The van der Waals surface area contributed by atoms with Crippen molar-refractivity contribution in [3.63, 3.8) is 0 Å². The van der Waals surface area contributed by atoms with Crippen LogP contribution in [0, 0.1) is 0 Å². The predicted octanol–water partition coefficient (Wildman–Crippen LogP) is 0.242. The maximum atomic E-state index is 2.65. The summed E-state index contributed by atoms with van der Waals surface area (Å²) in [7, 11) is 0. The van der Waals surface area contributed by atoms with Gasteiger partial charge in [0.25, 0.3) is 0 Å². The second-order valence-electron chi connectivity index (χ2n) is 7.25. The fourth-order valence-electron chi connectivity index (χ4n) is 4.99. The van der Waals surface area contributed by atoms with Crippen LogP contribution in [-0.2, 0) is 20.3 Å². The quantitative estimate of drug-likeness (QED) is 0.619. The molecule has 0 N–H and O–H groups in total. The summed E-state index contributed by atoms with van der Waals surface area (Å²) in [4.78, 5) is 0. The van der Waals surface area contributed by atoms with Gasteiger partial charge >= 0.3 is 128 Å². The van der Waals surface area contributed by atoms with Gasteiger partial charge in [0, 0.05) is 0 Å². The van der Waals surface area contributed by atoms with Crippen LogP contribution in [0.2, 0.25) is 11.4 Å². The van der Waals surface area contributed by atoms with Crippen LogP contribution in [0.5, 0.6) is 0 Å². The van der Waals surface area contributed by atoms with E-state index in [9.17, 15) is 0 Å². The first kappa shape index (κ1) is 18.8. The molecular weight excluding hydrogens is 390 g/mol. The second-order valence-corrected chi connectivity index (χ2v) is 18.9. The largest absolute Gasteiger partial charge is 1.00 e. The summed E-state index contributed by atoms with van der Waals surface area (Å²) in [5.74, 6) is 0. The van der Waals surface area contributed by atoms with Gasteiger partial charge in [0.05, 0.1) is 0 Å². The van der Waals surface area contributed by atoms with Crippen LogP contribution >= 0.6 is 0 Å². The van der Waals surface area contributed by atoms with E-state index in [-0.39, 0.29) is 24.8 Å². The number of hydrogen-bond donors (Lipinski definition) is 0. The third-order valence-corrected chi connectivity index (χ3v) is 20.8. The summed E-state index contributed by atoms with van der Waals surface area (Å²) in [5.41, 5.74) is 5.27. The maximum Gasteiger partial charge on any atom is -1.00 e. The molecule has 1 saturated heterocycles. The minimum absolute atomic E-state index is 0. The zero-order chi connectivity index (χ0) is 13.7. The van der Waals surface area contributed by atoms with Crippen molar-refractivity contribution in [1.29, 1.82) is 0 Å². The normalized spacial score (nSPS) is 32.5. The fraction of sp³-hybridized carbons (Fsp3) is 0.579. The third-order valence-electron chi connectivity index (χ3n) is 6.29. The predicted molar refractivity (Wildman–Crippen MR) is 83.7 cm³/mol. The average molecular weight is 417 g/mol. The Kier molecular flexibility index (Phi) is 6.07. The van der Waals surface area contributed by atoms with Gasteiger partial charge in [-0.15, -0.1) is 0 Å². The van der Waals surface area contributed by atoms with Gasteiger partial charge in [0.1, 0.15) is 0 Å². The summed E-state index contributed by atoms with van der Waals surface area (Å²) in [6.07, 6.45) is 18.5. The molecule has 1 fully saturated rings.